The van der Waals surface area contributed by atoms with Gasteiger partial charge in [0, 0.05) is 17.4 Å². The van der Waals surface area contributed by atoms with E-state index in [2.05, 4.69) is 37.5 Å². The molecule has 0 aromatic carbocycles. The first kappa shape index (κ1) is 8.86. The van der Waals surface area contributed by atoms with Crippen molar-refractivity contribution in [2.24, 2.45) is 5.92 Å². The molecule has 1 saturated carbocycles. The first-order valence-corrected chi connectivity index (χ1v) is 5.33. The van der Waals surface area contributed by atoms with Crippen molar-refractivity contribution in [3.8, 4) is 0 Å². The zero-order valence-electron chi connectivity index (χ0n) is 8.88. The Balaban J connectivity index is 2.25. The van der Waals surface area contributed by atoms with Crippen molar-refractivity contribution in [1.82, 2.24) is 4.57 Å². The molecule has 1 nitrogen and oxygen atoms in total. The van der Waals surface area contributed by atoms with Crippen molar-refractivity contribution in [2.75, 3.05) is 0 Å². The molecule has 72 valence electrons. The Morgan fingerprint density at radius 2 is 1.77 bits per heavy atom. The average Bonchev–Trinajstić information content (AvgIpc) is 2.60. The van der Waals surface area contributed by atoms with Crippen molar-refractivity contribution >= 4 is 0 Å². The van der Waals surface area contributed by atoms with Crippen LogP contribution in [0.5, 0.6) is 0 Å². The second-order valence-electron chi connectivity index (χ2n) is 4.56. The summed E-state index contributed by atoms with van der Waals surface area (Å²) >= 11 is 0. The minimum absolute atomic E-state index is 0.782. The molecule has 0 aliphatic heterocycles. The second-order valence-corrected chi connectivity index (χ2v) is 4.56. The van der Waals surface area contributed by atoms with Crippen LogP contribution in [0.25, 0.3) is 0 Å². The van der Waals surface area contributed by atoms with E-state index in [1.807, 2.05) is 0 Å². The third-order valence-electron chi connectivity index (χ3n) is 3.36. The van der Waals surface area contributed by atoms with Crippen LogP contribution in [-0.2, 0) is 0 Å². The highest BCUT2D eigenvalue weighted by Gasteiger charge is 2.23. The number of hydrogen-bond acceptors (Lipinski definition) is 0. The Bertz CT molecular complexity index is 279. The van der Waals surface area contributed by atoms with Crippen LogP contribution in [0.3, 0.4) is 0 Å². The quantitative estimate of drug-likeness (QED) is 0.619. The number of aryl methyl sites for hydroxylation is 2. The van der Waals surface area contributed by atoms with Gasteiger partial charge >= 0.3 is 0 Å². The van der Waals surface area contributed by atoms with E-state index < -0.39 is 0 Å². The monoisotopic (exact) mass is 177 g/mol. The standard InChI is InChI=1S/C12H19N/c1-9-4-7-12(8-9)13-10(2)5-6-11(13)3/h5-6,9,12H,4,7-8H2,1-3H3. The third-order valence-corrected chi connectivity index (χ3v) is 3.36. The van der Waals surface area contributed by atoms with Gasteiger partial charge in [0.2, 0.25) is 0 Å². The summed E-state index contributed by atoms with van der Waals surface area (Å²) in [5.74, 6) is 0.922. The SMILES string of the molecule is Cc1ccc(C)n1C1CCC(C)C1. The van der Waals surface area contributed by atoms with Crippen LogP contribution in [0.2, 0.25) is 0 Å². The molecule has 2 unspecified atom stereocenters. The van der Waals surface area contributed by atoms with Crippen molar-refractivity contribution in [3.63, 3.8) is 0 Å². The van der Waals surface area contributed by atoms with Crippen LogP contribution < -0.4 is 0 Å². The summed E-state index contributed by atoms with van der Waals surface area (Å²) in [4.78, 5) is 0. The molecule has 0 radical (unpaired) electrons. The van der Waals surface area contributed by atoms with Gasteiger partial charge in [-0.2, -0.15) is 0 Å². The molecular formula is C12H19N. The normalized spacial score (nSPS) is 28.2. The maximum atomic E-state index is 2.52. The molecule has 0 spiro atoms. The lowest BCUT2D eigenvalue weighted by molar-refractivity contribution is 0.479. The van der Waals surface area contributed by atoms with Gasteiger partial charge < -0.3 is 4.57 Å². The topological polar surface area (TPSA) is 4.93 Å². The average molecular weight is 177 g/mol. The van der Waals surface area contributed by atoms with Crippen LogP contribution in [-0.4, -0.2) is 4.57 Å². The van der Waals surface area contributed by atoms with Gasteiger partial charge in [0.1, 0.15) is 0 Å². The molecule has 0 saturated heterocycles. The Kier molecular flexibility index (Phi) is 2.19. The first-order valence-electron chi connectivity index (χ1n) is 5.33. The molecule has 1 fully saturated rings. The summed E-state index contributed by atoms with van der Waals surface area (Å²) in [6.45, 7) is 6.81. The van der Waals surface area contributed by atoms with Crippen LogP contribution in [0, 0.1) is 19.8 Å². The third kappa shape index (κ3) is 1.52. The van der Waals surface area contributed by atoms with Gasteiger partial charge in [0.15, 0.2) is 0 Å². The number of aromatic nitrogens is 1. The predicted octanol–water partition coefficient (Wildman–Crippen LogP) is 3.47. The molecular weight excluding hydrogens is 158 g/mol. The predicted molar refractivity (Wildman–Crippen MR) is 56.0 cm³/mol. The van der Waals surface area contributed by atoms with E-state index in [4.69, 9.17) is 0 Å². The molecule has 1 heterocycles. The highest BCUT2D eigenvalue weighted by molar-refractivity contribution is 5.15. The molecule has 0 amide bonds. The van der Waals surface area contributed by atoms with E-state index in [0.717, 1.165) is 12.0 Å². The summed E-state index contributed by atoms with van der Waals surface area (Å²) in [7, 11) is 0. The summed E-state index contributed by atoms with van der Waals surface area (Å²) in [6.07, 6.45) is 4.15. The highest BCUT2D eigenvalue weighted by Crippen LogP contribution is 2.35. The molecule has 1 aromatic heterocycles. The van der Waals surface area contributed by atoms with Crippen LogP contribution in [0.15, 0.2) is 12.1 Å². The lowest BCUT2D eigenvalue weighted by atomic mass is 10.1. The molecule has 0 bridgehead atoms. The Labute approximate surface area is 80.8 Å². The van der Waals surface area contributed by atoms with Crippen LogP contribution in [0.4, 0.5) is 0 Å². The van der Waals surface area contributed by atoms with E-state index in [-0.39, 0.29) is 0 Å². The van der Waals surface area contributed by atoms with E-state index in [1.54, 1.807) is 0 Å². The Morgan fingerprint density at radius 1 is 1.15 bits per heavy atom. The van der Waals surface area contributed by atoms with E-state index >= 15 is 0 Å². The maximum Gasteiger partial charge on any atom is 0.0338 e. The summed E-state index contributed by atoms with van der Waals surface area (Å²) in [5, 5.41) is 0. The second kappa shape index (κ2) is 3.21. The summed E-state index contributed by atoms with van der Waals surface area (Å²) in [5.41, 5.74) is 2.85. The van der Waals surface area contributed by atoms with E-state index in [0.29, 0.717) is 0 Å². The van der Waals surface area contributed by atoms with E-state index in [9.17, 15) is 0 Å². The van der Waals surface area contributed by atoms with Gasteiger partial charge in [0.25, 0.3) is 0 Å². The lowest BCUT2D eigenvalue weighted by Gasteiger charge is -2.17. The molecule has 2 rings (SSSR count). The molecule has 1 aliphatic rings. The van der Waals surface area contributed by atoms with Gasteiger partial charge in [0.05, 0.1) is 0 Å². The van der Waals surface area contributed by atoms with Crippen LogP contribution >= 0.6 is 0 Å². The Hall–Kier alpha value is -0.720. The largest absolute Gasteiger partial charge is 0.346 e. The van der Waals surface area contributed by atoms with Crippen LogP contribution in [0.1, 0.15) is 43.6 Å². The van der Waals surface area contributed by atoms with Crippen molar-refractivity contribution < 1.29 is 0 Å². The molecule has 1 aromatic rings. The molecule has 1 heteroatoms. The molecule has 2 atom stereocenters. The first-order chi connectivity index (χ1) is 6.18. The minimum atomic E-state index is 0.782. The van der Waals surface area contributed by atoms with Crippen molar-refractivity contribution in [3.05, 3.63) is 23.5 Å². The van der Waals surface area contributed by atoms with Gasteiger partial charge in [-0.1, -0.05) is 6.92 Å². The van der Waals surface area contributed by atoms with Crippen molar-refractivity contribution in [1.29, 1.82) is 0 Å². The fourth-order valence-corrected chi connectivity index (χ4v) is 2.67. The lowest BCUT2D eigenvalue weighted by Crippen LogP contribution is -2.08. The van der Waals surface area contributed by atoms with Gasteiger partial charge in [-0.05, 0) is 51.2 Å². The number of hydrogen-bond donors (Lipinski definition) is 0. The van der Waals surface area contributed by atoms with E-state index in [1.165, 1.54) is 30.7 Å². The zero-order chi connectivity index (χ0) is 9.42. The van der Waals surface area contributed by atoms with Crippen molar-refractivity contribution in [2.45, 2.75) is 46.1 Å². The smallest absolute Gasteiger partial charge is 0.0338 e. The van der Waals surface area contributed by atoms with Gasteiger partial charge in [-0.25, -0.2) is 0 Å². The fraction of sp³-hybridized carbons (Fsp3) is 0.667. The highest BCUT2D eigenvalue weighted by atomic mass is 15.0. The molecule has 1 aliphatic carbocycles. The van der Waals surface area contributed by atoms with Gasteiger partial charge in [-0.3, -0.25) is 0 Å². The zero-order valence-corrected chi connectivity index (χ0v) is 8.88. The summed E-state index contributed by atoms with van der Waals surface area (Å²) in [6, 6.07) is 5.25. The minimum Gasteiger partial charge on any atom is -0.346 e. The number of nitrogens with zero attached hydrogens (tertiary/aromatic N) is 1. The molecule has 0 N–H and O–H groups in total. The molecule has 13 heavy (non-hydrogen) atoms. The Morgan fingerprint density at radius 3 is 2.23 bits per heavy atom. The number of rotatable bonds is 1. The maximum absolute atomic E-state index is 2.52. The van der Waals surface area contributed by atoms with Gasteiger partial charge in [-0.15, -0.1) is 0 Å². The summed E-state index contributed by atoms with van der Waals surface area (Å²) < 4.78 is 2.52. The fourth-order valence-electron chi connectivity index (χ4n) is 2.67.